The van der Waals surface area contributed by atoms with Gasteiger partial charge in [-0.3, -0.25) is 9.35 Å². The molecule has 0 bridgehead atoms. The Hall–Kier alpha value is -2.30. The zero-order valence-corrected chi connectivity index (χ0v) is 23.3. The number of carbonyl (C=O) groups is 1. The van der Waals surface area contributed by atoms with Gasteiger partial charge < -0.3 is 10.0 Å². The molecule has 1 aromatic carbocycles. The van der Waals surface area contributed by atoms with E-state index in [0.717, 1.165) is 37.9 Å². The molecule has 4 rings (SSSR count). The topological polar surface area (TPSA) is 94.9 Å². The zero-order chi connectivity index (χ0) is 26.3. The van der Waals surface area contributed by atoms with Crippen molar-refractivity contribution in [1.82, 2.24) is 4.90 Å². The smallest absolute Gasteiger partial charge is 0.307 e. The maximum Gasteiger partial charge on any atom is 0.307 e. The van der Waals surface area contributed by atoms with Crippen LogP contribution in [0.15, 0.2) is 58.1 Å². The fourth-order valence-electron chi connectivity index (χ4n) is 4.15. The molecule has 3 aromatic rings. The Balaban J connectivity index is 0.000000275. The number of aliphatic carboxylic acids is 1. The van der Waals surface area contributed by atoms with Crippen LogP contribution in [0.1, 0.15) is 45.7 Å². The van der Waals surface area contributed by atoms with Gasteiger partial charge >= 0.3 is 5.97 Å². The molecule has 2 N–H and O–H groups in total. The molecule has 1 fully saturated rings. The minimum absolute atomic E-state index is 0.0666. The Morgan fingerprint density at radius 1 is 1.03 bits per heavy atom. The number of benzene rings is 1. The van der Waals surface area contributed by atoms with Gasteiger partial charge in [0, 0.05) is 28.4 Å². The molecule has 0 unspecified atom stereocenters. The van der Waals surface area contributed by atoms with Gasteiger partial charge in [-0.25, -0.2) is 0 Å². The summed E-state index contributed by atoms with van der Waals surface area (Å²) in [6.45, 7) is 8.82. The predicted molar refractivity (Wildman–Crippen MR) is 148 cm³/mol. The Bertz CT molecular complexity index is 1250. The van der Waals surface area contributed by atoms with Gasteiger partial charge in [0.25, 0.3) is 10.1 Å². The molecule has 0 radical (unpaired) electrons. The minimum Gasteiger partial charge on any atom is -0.481 e. The number of piperidine rings is 1. The summed E-state index contributed by atoms with van der Waals surface area (Å²) >= 11 is 3.60. The van der Waals surface area contributed by atoms with Crippen molar-refractivity contribution in [3.05, 3.63) is 79.7 Å². The number of hydrogen-bond donors (Lipinski definition) is 2. The van der Waals surface area contributed by atoms with E-state index in [1.807, 2.05) is 6.92 Å². The lowest BCUT2D eigenvalue weighted by Crippen LogP contribution is -2.39. The molecule has 2 aromatic heterocycles. The number of carboxylic acids is 1. The van der Waals surface area contributed by atoms with Crippen molar-refractivity contribution >= 4 is 44.3 Å². The summed E-state index contributed by atoms with van der Waals surface area (Å²) in [4.78, 5) is 16.2. The lowest BCUT2D eigenvalue weighted by molar-refractivity contribution is -0.143. The van der Waals surface area contributed by atoms with Gasteiger partial charge in [-0.1, -0.05) is 23.8 Å². The quantitative estimate of drug-likeness (QED) is 0.338. The van der Waals surface area contributed by atoms with Crippen LogP contribution in [-0.2, 0) is 14.9 Å². The average Bonchev–Trinajstić information content (AvgIpc) is 3.45. The van der Waals surface area contributed by atoms with Gasteiger partial charge in [-0.05, 0) is 92.7 Å². The first-order chi connectivity index (χ1) is 17.1. The number of nitrogens with zero attached hydrogens (tertiary/aromatic N) is 1. The number of thiophene rings is 2. The first-order valence-corrected chi connectivity index (χ1v) is 15.0. The van der Waals surface area contributed by atoms with E-state index in [-0.39, 0.29) is 10.8 Å². The molecule has 36 heavy (non-hydrogen) atoms. The third-order valence-electron chi connectivity index (χ3n) is 6.18. The highest BCUT2D eigenvalue weighted by atomic mass is 32.2. The molecule has 0 spiro atoms. The second kappa shape index (κ2) is 12.8. The normalized spacial score (nSPS) is 16.2. The van der Waals surface area contributed by atoms with E-state index in [4.69, 9.17) is 4.55 Å². The maximum atomic E-state index is 11.2. The van der Waals surface area contributed by atoms with Crippen molar-refractivity contribution in [2.45, 2.75) is 44.9 Å². The van der Waals surface area contributed by atoms with Crippen molar-refractivity contribution < 1.29 is 22.9 Å². The monoisotopic (exact) mass is 547 g/mol. The van der Waals surface area contributed by atoms with Crippen molar-refractivity contribution in [1.29, 1.82) is 0 Å². The van der Waals surface area contributed by atoms with E-state index >= 15 is 0 Å². The maximum absolute atomic E-state index is 11.2. The average molecular weight is 548 g/mol. The first-order valence-electron chi connectivity index (χ1n) is 11.8. The number of hydrogen-bond acceptors (Lipinski definition) is 6. The van der Waals surface area contributed by atoms with E-state index < -0.39 is 16.1 Å². The van der Waals surface area contributed by atoms with Crippen LogP contribution in [0.4, 0.5) is 0 Å². The molecule has 0 amide bonds. The molecule has 194 valence electrons. The lowest BCUT2D eigenvalue weighted by Gasteiger charge is -2.30. The highest BCUT2D eigenvalue weighted by molar-refractivity contribution is 7.85. The molecular weight excluding hydrogens is 515 g/mol. The Labute approximate surface area is 221 Å². The van der Waals surface area contributed by atoms with Crippen LogP contribution < -0.4 is 0 Å². The molecule has 1 atom stereocenters. The third kappa shape index (κ3) is 7.85. The summed E-state index contributed by atoms with van der Waals surface area (Å²) in [6.07, 6.45) is 5.11. The van der Waals surface area contributed by atoms with Gasteiger partial charge in [-0.15, -0.1) is 22.7 Å². The summed E-state index contributed by atoms with van der Waals surface area (Å²) in [6, 6.07) is 10.3. The number of aryl methyl sites for hydroxylation is 3. The lowest BCUT2D eigenvalue weighted by atomic mass is 9.98. The second-order valence-corrected chi connectivity index (χ2v) is 12.3. The van der Waals surface area contributed by atoms with Gasteiger partial charge in [0.1, 0.15) is 0 Å². The summed E-state index contributed by atoms with van der Waals surface area (Å²) in [7, 11) is -4.02. The van der Waals surface area contributed by atoms with Crippen molar-refractivity contribution in [3.8, 4) is 0 Å². The molecular formula is C27H33NO5S3. The van der Waals surface area contributed by atoms with Crippen LogP contribution in [-0.4, -0.2) is 48.6 Å². The molecule has 9 heteroatoms. The second-order valence-electron chi connectivity index (χ2n) is 9.04. The van der Waals surface area contributed by atoms with Crippen molar-refractivity contribution in [3.63, 3.8) is 0 Å². The van der Waals surface area contributed by atoms with E-state index in [2.05, 4.69) is 47.7 Å². The van der Waals surface area contributed by atoms with Gasteiger partial charge in [0.2, 0.25) is 0 Å². The van der Waals surface area contributed by atoms with Gasteiger partial charge in [0.05, 0.1) is 10.8 Å². The summed E-state index contributed by atoms with van der Waals surface area (Å²) in [5.74, 6) is -0.847. The molecule has 0 saturated carbocycles. The Morgan fingerprint density at radius 3 is 2.08 bits per heavy atom. The Kier molecular flexibility index (Phi) is 10.0. The third-order valence-corrected chi connectivity index (χ3v) is 9.15. The molecule has 1 saturated heterocycles. The summed E-state index contributed by atoms with van der Waals surface area (Å²) in [5, 5.41) is 13.6. The SMILES string of the molecule is Cc1ccc(S(=O)(=O)O)cc1.Cc1ccsc1C(=CCCN1CCC[C@@H](C(=O)O)C1)c1sccc1C. The fourth-order valence-corrected chi connectivity index (χ4v) is 6.64. The molecule has 3 heterocycles. The number of carboxylic acid groups (broad SMARTS) is 1. The van der Waals surface area contributed by atoms with Crippen LogP contribution in [0.5, 0.6) is 0 Å². The first kappa shape index (κ1) is 28.3. The minimum atomic E-state index is -4.02. The van der Waals surface area contributed by atoms with Crippen LogP contribution in [0.2, 0.25) is 0 Å². The van der Waals surface area contributed by atoms with Gasteiger partial charge in [0.15, 0.2) is 0 Å². The summed E-state index contributed by atoms with van der Waals surface area (Å²) < 4.78 is 29.6. The van der Waals surface area contributed by atoms with Crippen molar-refractivity contribution in [2.75, 3.05) is 19.6 Å². The van der Waals surface area contributed by atoms with Crippen LogP contribution in [0, 0.1) is 26.7 Å². The van der Waals surface area contributed by atoms with E-state index in [0.29, 0.717) is 6.54 Å². The van der Waals surface area contributed by atoms with Crippen LogP contribution in [0.25, 0.3) is 5.57 Å². The number of likely N-dealkylation sites (tertiary alicyclic amines) is 1. The zero-order valence-electron chi connectivity index (χ0n) is 20.8. The van der Waals surface area contributed by atoms with Crippen molar-refractivity contribution in [2.24, 2.45) is 5.92 Å². The van der Waals surface area contributed by atoms with Crippen LogP contribution >= 0.6 is 22.7 Å². The Morgan fingerprint density at radius 2 is 1.61 bits per heavy atom. The highest BCUT2D eigenvalue weighted by Gasteiger charge is 2.24. The number of rotatable bonds is 7. The molecule has 0 aliphatic carbocycles. The fraction of sp³-hybridized carbons (Fsp3) is 0.370. The van der Waals surface area contributed by atoms with Crippen LogP contribution in [0.3, 0.4) is 0 Å². The predicted octanol–water partition coefficient (Wildman–Crippen LogP) is 6.29. The largest absolute Gasteiger partial charge is 0.481 e. The molecule has 1 aliphatic rings. The van der Waals surface area contributed by atoms with E-state index in [1.165, 1.54) is 38.6 Å². The van der Waals surface area contributed by atoms with E-state index in [9.17, 15) is 18.3 Å². The van der Waals surface area contributed by atoms with E-state index in [1.54, 1.807) is 34.8 Å². The molecule has 6 nitrogen and oxygen atoms in total. The highest BCUT2D eigenvalue weighted by Crippen LogP contribution is 2.35. The molecule has 1 aliphatic heterocycles. The standard InChI is InChI=1S/C20H25NO2S2.C7H8O3S/c1-14-7-11-24-18(14)17(19-15(2)8-12-25-19)6-4-10-21-9-3-5-16(13-21)20(22)23;1-6-2-4-7(5-3-6)11(8,9)10/h6-8,11-12,16H,3-5,9-10,13H2,1-2H3,(H,22,23);2-5H,1H3,(H,8,9,10)/t16-;/m1./s1. The van der Waals surface area contributed by atoms with Gasteiger partial charge in [-0.2, -0.15) is 8.42 Å². The summed E-state index contributed by atoms with van der Waals surface area (Å²) in [5.41, 5.74) is 4.95.